The lowest BCUT2D eigenvalue weighted by atomic mass is 9.82. The summed E-state index contributed by atoms with van der Waals surface area (Å²) in [6.07, 6.45) is 1.01. The largest absolute Gasteiger partial charge is 0.497 e. The zero-order valence-corrected chi connectivity index (χ0v) is 12.4. The van der Waals surface area contributed by atoms with Crippen molar-refractivity contribution in [2.24, 2.45) is 5.73 Å². The highest BCUT2D eigenvalue weighted by Gasteiger charge is 2.33. The van der Waals surface area contributed by atoms with Crippen molar-refractivity contribution in [2.45, 2.75) is 38.8 Å². The molecule has 0 fully saturated rings. The molecule has 1 aromatic rings. The lowest BCUT2D eigenvalue weighted by molar-refractivity contribution is 0.131. The normalized spacial score (nSPS) is 16.4. The van der Waals surface area contributed by atoms with Crippen molar-refractivity contribution in [2.75, 3.05) is 21.2 Å². The molecule has 2 atom stereocenters. The van der Waals surface area contributed by atoms with Crippen molar-refractivity contribution < 1.29 is 4.74 Å². The fraction of sp³-hybridized carbons (Fsp3) is 0.600. The lowest BCUT2D eigenvalue weighted by Crippen LogP contribution is -2.49. The van der Waals surface area contributed by atoms with Crippen molar-refractivity contribution in [3.8, 4) is 5.75 Å². The highest BCUT2D eigenvalue weighted by Crippen LogP contribution is 2.33. The number of nitrogens with two attached hydrogens (primary N) is 1. The predicted molar refractivity (Wildman–Crippen MR) is 77.0 cm³/mol. The van der Waals surface area contributed by atoms with E-state index in [4.69, 9.17) is 10.5 Å². The average Bonchev–Trinajstić information content (AvgIpc) is 2.36. The second-order valence-corrected chi connectivity index (χ2v) is 5.31. The van der Waals surface area contributed by atoms with E-state index in [1.165, 1.54) is 11.1 Å². The molecule has 3 nitrogen and oxygen atoms in total. The Balaban J connectivity index is 3.13. The fourth-order valence-corrected chi connectivity index (χ4v) is 2.27. The number of ether oxygens (including phenoxy) is 1. The number of methoxy groups -OCH3 is 1. The van der Waals surface area contributed by atoms with Gasteiger partial charge >= 0.3 is 0 Å². The first-order valence-corrected chi connectivity index (χ1v) is 6.44. The summed E-state index contributed by atoms with van der Waals surface area (Å²) in [7, 11) is 5.86. The van der Waals surface area contributed by atoms with Crippen molar-refractivity contribution in [3.05, 3.63) is 29.3 Å². The van der Waals surface area contributed by atoms with E-state index in [1.54, 1.807) is 7.11 Å². The van der Waals surface area contributed by atoms with Gasteiger partial charge in [-0.1, -0.05) is 13.0 Å². The van der Waals surface area contributed by atoms with Gasteiger partial charge in [0.2, 0.25) is 0 Å². The van der Waals surface area contributed by atoms with Gasteiger partial charge in [-0.15, -0.1) is 0 Å². The van der Waals surface area contributed by atoms with Crippen LogP contribution in [0.5, 0.6) is 5.75 Å². The topological polar surface area (TPSA) is 38.5 Å². The van der Waals surface area contributed by atoms with Crippen LogP contribution in [0.25, 0.3) is 0 Å². The van der Waals surface area contributed by atoms with Gasteiger partial charge in [-0.05, 0) is 57.6 Å². The molecular formula is C15H26N2O. The maximum atomic E-state index is 6.49. The van der Waals surface area contributed by atoms with Crippen LogP contribution in [0, 0.1) is 6.92 Å². The number of aryl methyl sites for hydroxylation is 1. The van der Waals surface area contributed by atoms with Crippen LogP contribution in [0.3, 0.4) is 0 Å². The highest BCUT2D eigenvalue weighted by atomic mass is 16.5. The molecule has 1 rings (SSSR count). The summed E-state index contributed by atoms with van der Waals surface area (Å²) in [6, 6.07) is 6.09. The van der Waals surface area contributed by atoms with Crippen molar-refractivity contribution in [1.29, 1.82) is 0 Å². The van der Waals surface area contributed by atoms with Gasteiger partial charge in [-0.25, -0.2) is 0 Å². The van der Waals surface area contributed by atoms with Crippen LogP contribution in [0.1, 0.15) is 37.4 Å². The Bertz CT molecular complexity index is 403. The molecule has 3 heteroatoms. The Kier molecular flexibility index (Phi) is 4.77. The third kappa shape index (κ3) is 2.68. The summed E-state index contributed by atoms with van der Waals surface area (Å²) in [4.78, 5) is 2.21. The lowest BCUT2D eigenvalue weighted by Gasteiger charge is -2.41. The Morgan fingerprint density at radius 1 is 1.39 bits per heavy atom. The first-order valence-electron chi connectivity index (χ1n) is 6.44. The summed E-state index contributed by atoms with van der Waals surface area (Å²) in [5.41, 5.74) is 8.82. The van der Waals surface area contributed by atoms with Crippen LogP contribution in [-0.2, 0) is 0 Å². The van der Waals surface area contributed by atoms with Gasteiger partial charge in [0.25, 0.3) is 0 Å². The van der Waals surface area contributed by atoms with E-state index in [0.29, 0.717) is 0 Å². The Morgan fingerprint density at radius 2 is 2.00 bits per heavy atom. The molecule has 0 spiro atoms. The van der Waals surface area contributed by atoms with Crippen LogP contribution < -0.4 is 10.5 Å². The fourth-order valence-electron chi connectivity index (χ4n) is 2.27. The number of benzene rings is 1. The van der Waals surface area contributed by atoms with E-state index in [2.05, 4.69) is 45.8 Å². The minimum Gasteiger partial charge on any atom is -0.497 e. The molecular weight excluding hydrogens is 224 g/mol. The summed E-state index contributed by atoms with van der Waals surface area (Å²) in [6.45, 7) is 6.48. The van der Waals surface area contributed by atoms with E-state index >= 15 is 0 Å². The van der Waals surface area contributed by atoms with E-state index < -0.39 is 0 Å². The first kappa shape index (κ1) is 15.0. The molecule has 0 saturated carbocycles. The molecule has 0 amide bonds. The summed E-state index contributed by atoms with van der Waals surface area (Å²) in [5, 5.41) is 0. The van der Waals surface area contributed by atoms with Gasteiger partial charge in [0.1, 0.15) is 5.75 Å². The Labute approximate surface area is 111 Å². The van der Waals surface area contributed by atoms with Gasteiger partial charge in [-0.3, -0.25) is 0 Å². The van der Waals surface area contributed by atoms with Crippen LogP contribution >= 0.6 is 0 Å². The third-order valence-corrected chi connectivity index (χ3v) is 4.22. The molecule has 2 unspecified atom stereocenters. The zero-order valence-electron chi connectivity index (χ0n) is 12.4. The smallest absolute Gasteiger partial charge is 0.119 e. The van der Waals surface area contributed by atoms with Crippen LogP contribution in [0.4, 0.5) is 0 Å². The van der Waals surface area contributed by atoms with Gasteiger partial charge in [-0.2, -0.15) is 0 Å². The van der Waals surface area contributed by atoms with Gasteiger partial charge in [0.15, 0.2) is 0 Å². The quantitative estimate of drug-likeness (QED) is 0.873. The molecule has 0 aliphatic rings. The minimum absolute atomic E-state index is 0.0107. The van der Waals surface area contributed by atoms with Crippen molar-refractivity contribution in [3.63, 3.8) is 0 Å². The molecule has 0 aliphatic carbocycles. The van der Waals surface area contributed by atoms with Gasteiger partial charge < -0.3 is 15.4 Å². The van der Waals surface area contributed by atoms with E-state index in [1.807, 2.05) is 12.1 Å². The van der Waals surface area contributed by atoms with Crippen molar-refractivity contribution >= 4 is 0 Å². The van der Waals surface area contributed by atoms with Gasteiger partial charge in [0.05, 0.1) is 7.11 Å². The molecule has 18 heavy (non-hydrogen) atoms. The minimum atomic E-state index is -0.0423. The number of hydrogen-bond donors (Lipinski definition) is 1. The average molecular weight is 250 g/mol. The Morgan fingerprint density at radius 3 is 2.39 bits per heavy atom. The molecule has 2 N–H and O–H groups in total. The van der Waals surface area contributed by atoms with E-state index in [9.17, 15) is 0 Å². The number of nitrogens with zero attached hydrogens (tertiary/aromatic N) is 1. The number of likely N-dealkylation sites (N-methyl/N-ethyl adjacent to an activating group) is 1. The molecule has 0 aliphatic heterocycles. The third-order valence-electron chi connectivity index (χ3n) is 4.22. The summed E-state index contributed by atoms with van der Waals surface area (Å²) >= 11 is 0. The zero-order chi connectivity index (χ0) is 13.9. The maximum absolute atomic E-state index is 6.49. The SMILES string of the molecule is CCC(C)(C(N)c1ccc(OC)cc1C)N(C)C. The first-order chi connectivity index (χ1) is 8.36. The highest BCUT2D eigenvalue weighted by molar-refractivity contribution is 5.37. The molecule has 102 valence electrons. The molecule has 0 saturated heterocycles. The van der Waals surface area contributed by atoms with E-state index in [0.717, 1.165) is 12.2 Å². The van der Waals surface area contributed by atoms with Gasteiger partial charge in [0, 0.05) is 11.6 Å². The monoisotopic (exact) mass is 250 g/mol. The second kappa shape index (κ2) is 5.72. The van der Waals surface area contributed by atoms with Crippen LogP contribution in [0.2, 0.25) is 0 Å². The molecule has 0 aromatic heterocycles. The molecule has 0 bridgehead atoms. The van der Waals surface area contributed by atoms with Crippen LogP contribution in [-0.4, -0.2) is 31.6 Å². The summed E-state index contributed by atoms with van der Waals surface area (Å²) in [5.74, 6) is 0.881. The maximum Gasteiger partial charge on any atom is 0.119 e. The standard InChI is InChI=1S/C15H26N2O/c1-7-15(3,17(4)5)14(16)13-9-8-12(18-6)10-11(13)2/h8-10,14H,7,16H2,1-6H3. The Hall–Kier alpha value is -1.06. The molecule has 1 aromatic carbocycles. The van der Waals surface area contributed by atoms with E-state index in [-0.39, 0.29) is 11.6 Å². The van der Waals surface area contributed by atoms with Crippen molar-refractivity contribution in [1.82, 2.24) is 4.90 Å². The summed E-state index contributed by atoms with van der Waals surface area (Å²) < 4.78 is 5.24. The van der Waals surface area contributed by atoms with Crippen LogP contribution in [0.15, 0.2) is 18.2 Å². The number of rotatable bonds is 5. The molecule has 0 radical (unpaired) electrons. The second-order valence-electron chi connectivity index (χ2n) is 5.31. The molecule has 0 heterocycles. The predicted octanol–water partition coefficient (Wildman–Crippen LogP) is 2.73. The number of hydrogen-bond acceptors (Lipinski definition) is 3.